The van der Waals surface area contributed by atoms with Gasteiger partial charge in [0.2, 0.25) is 11.0 Å². The molecule has 4 aromatic rings. The summed E-state index contributed by atoms with van der Waals surface area (Å²) in [5.41, 5.74) is 5.77. The summed E-state index contributed by atoms with van der Waals surface area (Å²) >= 11 is 1.38. The Morgan fingerprint density at radius 1 is 1.10 bits per heavy atom. The highest BCUT2D eigenvalue weighted by atomic mass is 32.1. The third kappa shape index (κ3) is 4.51. The van der Waals surface area contributed by atoms with E-state index >= 15 is 0 Å². The minimum absolute atomic E-state index is 0.000109. The summed E-state index contributed by atoms with van der Waals surface area (Å²) < 4.78 is 1.41. The maximum atomic E-state index is 13.0. The molecule has 158 valence electrons. The second-order valence-corrected chi connectivity index (χ2v) is 8.35. The molecule has 0 unspecified atom stereocenters. The van der Waals surface area contributed by atoms with E-state index in [2.05, 4.69) is 22.3 Å². The number of anilines is 1. The van der Waals surface area contributed by atoms with Gasteiger partial charge in [-0.1, -0.05) is 48.9 Å². The molecular formula is C24H24N4O2S. The predicted molar refractivity (Wildman–Crippen MR) is 125 cm³/mol. The summed E-state index contributed by atoms with van der Waals surface area (Å²) in [4.78, 5) is 30.1. The molecule has 0 aliphatic heterocycles. The van der Waals surface area contributed by atoms with E-state index in [1.807, 2.05) is 60.8 Å². The van der Waals surface area contributed by atoms with Crippen LogP contribution < -0.4 is 10.9 Å². The molecule has 7 heteroatoms. The minimum atomic E-state index is -0.251. The van der Waals surface area contributed by atoms with Gasteiger partial charge in [0.15, 0.2) is 0 Å². The van der Waals surface area contributed by atoms with E-state index in [9.17, 15) is 9.59 Å². The molecular weight excluding hydrogens is 408 g/mol. The zero-order valence-corrected chi connectivity index (χ0v) is 18.5. The highest BCUT2D eigenvalue weighted by Gasteiger charge is 2.18. The van der Waals surface area contributed by atoms with E-state index in [1.54, 1.807) is 6.92 Å². The molecule has 6 nitrogen and oxygen atoms in total. The number of hydrogen-bond acceptors (Lipinski definition) is 4. The number of aromatic nitrogens is 3. The molecule has 0 fully saturated rings. The molecule has 2 heterocycles. The number of carbonyl (C=O) groups is 1. The first-order chi connectivity index (χ1) is 14.9. The average Bonchev–Trinajstić information content (AvgIpc) is 3.35. The molecule has 4 rings (SSSR count). The van der Waals surface area contributed by atoms with Gasteiger partial charge in [-0.05, 0) is 38.0 Å². The number of carbonyl (C=O) groups excluding carboxylic acids is 1. The number of H-pyrrole nitrogens is 1. The van der Waals surface area contributed by atoms with Crippen molar-refractivity contribution in [3.8, 4) is 16.4 Å². The van der Waals surface area contributed by atoms with Gasteiger partial charge in [0.05, 0.1) is 12.1 Å². The third-order valence-electron chi connectivity index (χ3n) is 5.21. The van der Waals surface area contributed by atoms with Crippen LogP contribution in [0.5, 0.6) is 0 Å². The Labute approximate surface area is 184 Å². The Morgan fingerprint density at radius 3 is 2.48 bits per heavy atom. The van der Waals surface area contributed by atoms with Gasteiger partial charge in [-0.15, -0.1) is 11.3 Å². The molecule has 0 radical (unpaired) electrons. The van der Waals surface area contributed by atoms with Gasteiger partial charge >= 0.3 is 0 Å². The summed E-state index contributed by atoms with van der Waals surface area (Å²) in [5, 5.41) is 8.39. The molecule has 31 heavy (non-hydrogen) atoms. The van der Waals surface area contributed by atoms with Crippen LogP contribution in [0.3, 0.4) is 0 Å². The molecule has 0 saturated heterocycles. The smallest absolute Gasteiger partial charge is 0.277 e. The average molecular weight is 433 g/mol. The molecule has 2 aromatic heterocycles. The molecule has 0 bridgehead atoms. The SMILES string of the molecule is CCc1ccc(NC(=O)Cc2c(C)[nH]n(-c3nc(-c4ccc(C)cc4)cs3)c2=O)cc1. The summed E-state index contributed by atoms with van der Waals surface area (Å²) in [6.45, 7) is 5.92. The molecule has 1 amide bonds. The van der Waals surface area contributed by atoms with Crippen molar-refractivity contribution >= 4 is 22.9 Å². The van der Waals surface area contributed by atoms with E-state index in [0.717, 1.165) is 23.4 Å². The van der Waals surface area contributed by atoms with Gasteiger partial charge in [-0.3, -0.25) is 14.7 Å². The molecule has 0 aliphatic carbocycles. The second kappa shape index (κ2) is 8.73. The van der Waals surface area contributed by atoms with E-state index in [-0.39, 0.29) is 17.9 Å². The molecule has 0 saturated carbocycles. The first-order valence-corrected chi connectivity index (χ1v) is 11.0. The second-order valence-electron chi connectivity index (χ2n) is 7.51. The van der Waals surface area contributed by atoms with Crippen molar-refractivity contribution in [2.75, 3.05) is 5.32 Å². The van der Waals surface area contributed by atoms with E-state index in [4.69, 9.17) is 0 Å². The van der Waals surface area contributed by atoms with Crippen LogP contribution >= 0.6 is 11.3 Å². The van der Waals surface area contributed by atoms with Crippen LogP contribution in [0, 0.1) is 13.8 Å². The summed E-state index contributed by atoms with van der Waals surface area (Å²) in [6.07, 6.45) is 0.943. The van der Waals surface area contributed by atoms with Crippen LogP contribution in [0.2, 0.25) is 0 Å². The first kappa shape index (κ1) is 20.8. The minimum Gasteiger partial charge on any atom is -0.326 e. The van der Waals surface area contributed by atoms with Crippen LogP contribution in [0.4, 0.5) is 5.69 Å². The quantitative estimate of drug-likeness (QED) is 0.465. The number of amides is 1. The maximum absolute atomic E-state index is 13.0. The van der Waals surface area contributed by atoms with E-state index in [0.29, 0.717) is 16.4 Å². The molecule has 2 N–H and O–H groups in total. The molecule has 2 aromatic carbocycles. The number of aryl methyl sites for hydroxylation is 3. The summed E-state index contributed by atoms with van der Waals surface area (Å²) in [6, 6.07) is 15.8. The van der Waals surface area contributed by atoms with Crippen LogP contribution in [0.1, 0.15) is 29.3 Å². The van der Waals surface area contributed by atoms with Crippen molar-refractivity contribution in [1.82, 2.24) is 14.8 Å². The molecule has 0 spiro atoms. The van der Waals surface area contributed by atoms with Gasteiger partial charge in [0, 0.05) is 27.9 Å². The predicted octanol–water partition coefficient (Wildman–Crippen LogP) is 4.65. The number of rotatable bonds is 6. The number of thiazole rings is 1. The van der Waals surface area contributed by atoms with E-state index < -0.39 is 0 Å². The van der Waals surface area contributed by atoms with Gasteiger partial charge in [-0.2, -0.15) is 4.68 Å². The Kier molecular flexibility index (Phi) is 5.86. The van der Waals surface area contributed by atoms with Crippen molar-refractivity contribution in [3.05, 3.63) is 86.6 Å². The lowest BCUT2D eigenvalue weighted by atomic mass is 10.1. The van der Waals surface area contributed by atoms with Gasteiger partial charge in [0.1, 0.15) is 0 Å². The fourth-order valence-corrected chi connectivity index (χ4v) is 4.13. The van der Waals surface area contributed by atoms with Crippen LogP contribution in [0.15, 0.2) is 58.7 Å². The topological polar surface area (TPSA) is 79.8 Å². The largest absolute Gasteiger partial charge is 0.326 e. The zero-order chi connectivity index (χ0) is 22.0. The fraction of sp³-hybridized carbons (Fsp3) is 0.208. The number of aromatic amines is 1. The van der Waals surface area contributed by atoms with Crippen molar-refractivity contribution in [3.63, 3.8) is 0 Å². The molecule has 0 atom stereocenters. The van der Waals surface area contributed by atoms with Crippen LogP contribution in [-0.2, 0) is 17.6 Å². The Morgan fingerprint density at radius 2 is 1.81 bits per heavy atom. The summed E-state index contributed by atoms with van der Waals surface area (Å²) in [5.74, 6) is -0.227. The van der Waals surface area contributed by atoms with Crippen molar-refractivity contribution < 1.29 is 4.79 Å². The van der Waals surface area contributed by atoms with Gasteiger partial charge in [0.25, 0.3) is 5.56 Å². The van der Waals surface area contributed by atoms with Crippen molar-refractivity contribution in [2.45, 2.75) is 33.6 Å². The van der Waals surface area contributed by atoms with Gasteiger partial charge in [-0.25, -0.2) is 4.98 Å². The lowest BCUT2D eigenvalue weighted by Gasteiger charge is -2.05. The van der Waals surface area contributed by atoms with E-state index in [1.165, 1.54) is 27.1 Å². The monoisotopic (exact) mass is 432 g/mol. The zero-order valence-electron chi connectivity index (χ0n) is 17.7. The summed E-state index contributed by atoms with van der Waals surface area (Å²) in [7, 11) is 0. The number of nitrogens with one attached hydrogen (secondary N) is 2. The van der Waals surface area contributed by atoms with Crippen LogP contribution in [0.25, 0.3) is 16.4 Å². The highest BCUT2D eigenvalue weighted by molar-refractivity contribution is 7.12. The third-order valence-corrected chi connectivity index (χ3v) is 6.03. The van der Waals surface area contributed by atoms with Gasteiger partial charge < -0.3 is 5.32 Å². The Hall–Kier alpha value is -3.45. The lowest BCUT2D eigenvalue weighted by Crippen LogP contribution is -2.22. The van der Waals surface area contributed by atoms with Crippen molar-refractivity contribution in [2.24, 2.45) is 0 Å². The Balaban J connectivity index is 1.53. The number of benzene rings is 2. The van der Waals surface area contributed by atoms with Crippen molar-refractivity contribution in [1.29, 1.82) is 0 Å². The highest BCUT2D eigenvalue weighted by Crippen LogP contribution is 2.24. The Bertz CT molecular complexity index is 1260. The standard InChI is InChI=1S/C24H24N4O2S/c1-4-17-7-11-19(12-8-17)25-22(29)13-20-16(3)27-28(23(20)30)24-26-21(14-31-24)18-9-5-15(2)6-10-18/h5-12,14,27H,4,13H2,1-3H3,(H,25,29). The lowest BCUT2D eigenvalue weighted by molar-refractivity contribution is -0.115. The number of hydrogen-bond donors (Lipinski definition) is 2. The maximum Gasteiger partial charge on any atom is 0.277 e. The fourth-order valence-electron chi connectivity index (χ4n) is 3.34. The number of nitrogens with zero attached hydrogens (tertiary/aromatic N) is 2. The molecule has 0 aliphatic rings. The first-order valence-electron chi connectivity index (χ1n) is 10.2. The van der Waals surface area contributed by atoms with Crippen LogP contribution in [-0.4, -0.2) is 20.7 Å². The normalized spacial score (nSPS) is 10.9.